The number of halogens is 1. The summed E-state index contributed by atoms with van der Waals surface area (Å²) in [6, 6.07) is 9.41. The van der Waals surface area contributed by atoms with Crippen LogP contribution in [0, 0.1) is 25.2 Å². The lowest BCUT2D eigenvalue weighted by Crippen LogP contribution is -1.97. The smallest absolute Gasteiger partial charge is 0.242 e. The normalized spacial score (nSPS) is 10.0. The molecule has 0 fully saturated rings. The average Bonchev–Trinajstić information content (AvgIpc) is 2.42. The number of rotatable bonds is 3. The molecule has 0 radical (unpaired) electrons. The summed E-state index contributed by atoms with van der Waals surface area (Å²) >= 11 is 5.88. The number of ether oxygens (including phenoxy) is 1. The van der Waals surface area contributed by atoms with Crippen LogP contribution in [0.3, 0.4) is 0 Å². The summed E-state index contributed by atoms with van der Waals surface area (Å²) in [5.74, 6) is 1.09. The van der Waals surface area contributed by atoms with E-state index in [-0.39, 0.29) is 0 Å². The van der Waals surface area contributed by atoms with Crippen molar-refractivity contribution in [1.29, 1.82) is 5.26 Å². The van der Waals surface area contributed by atoms with Gasteiger partial charge >= 0.3 is 0 Å². The molecule has 1 aromatic carbocycles. The average molecular weight is 274 g/mol. The predicted octanol–water partition coefficient (Wildman–Crippen LogP) is 3.61. The van der Waals surface area contributed by atoms with Crippen molar-refractivity contribution < 1.29 is 4.74 Å². The van der Waals surface area contributed by atoms with E-state index in [9.17, 15) is 0 Å². The van der Waals surface area contributed by atoms with E-state index in [1.54, 1.807) is 12.1 Å². The molecule has 5 heteroatoms. The molecule has 0 N–H and O–H groups in total. The molecule has 0 atom stereocenters. The molecule has 4 nitrogen and oxygen atoms in total. The fourth-order valence-electron chi connectivity index (χ4n) is 1.53. The second-order valence-electron chi connectivity index (χ2n) is 4.13. The van der Waals surface area contributed by atoms with Gasteiger partial charge in [0, 0.05) is 5.56 Å². The zero-order valence-corrected chi connectivity index (χ0v) is 11.4. The van der Waals surface area contributed by atoms with E-state index in [4.69, 9.17) is 21.6 Å². The van der Waals surface area contributed by atoms with Gasteiger partial charge in [-0.3, -0.25) is 0 Å². The summed E-state index contributed by atoms with van der Waals surface area (Å²) in [7, 11) is 0. The second kappa shape index (κ2) is 5.68. The Morgan fingerprint density at radius 3 is 2.47 bits per heavy atom. The molecule has 2 rings (SSSR count). The molecule has 1 heterocycles. The maximum atomic E-state index is 8.61. The lowest BCUT2D eigenvalue weighted by molar-refractivity contribution is 0.450. The SMILES string of the molecule is Cc1c(Cl)nnc(Oc2ccc(CC#N)cc2)c1C. The van der Waals surface area contributed by atoms with Crippen LogP contribution in [0.5, 0.6) is 11.6 Å². The Bertz CT molecular complexity index is 632. The third-order valence-electron chi connectivity index (χ3n) is 2.84. The third kappa shape index (κ3) is 3.01. The summed E-state index contributed by atoms with van der Waals surface area (Å²) in [6.07, 6.45) is 0.388. The van der Waals surface area contributed by atoms with Gasteiger partial charge in [0.2, 0.25) is 5.88 Å². The number of nitriles is 1. The first-order valence-corrected chi connectivity index (χ1v) is 6.12. The van der Waals surface area contributed by atoms with Crippen LogP contribution in [0.4, 0.5) is 0 Å². The maximum absolute atomic E-state index is 8.61. The van der Waals surface area contributed by atoms with Gasteiger partial charge in [-0.2, -0.15) is 5.26 Å². The van der Waals surface area contributed by atoms with Crippen molar-refractivity contribution in [2.24, 2.45) is 0 Å². The molecule has 0 aliphatic rings. The van der Waals surface area contributed by atoms with Crippen LogP contribution in [-0.2, 0) is 6.42 Å². The van der Waals surface area contributed by atoms with Gasteiger partial charge in [-0.25, -0.2) is 0 Å². The topological polar surface area (TPSA) is 58.8 Å². The highest BCUT2D eigenvalue weighted by molar-refractivity contribution is 6.30. The Labute approximate surface area is 116 Å². The Morgan fingerprint density at radius 2 is 1.84 bits per heavy atom. The van der Waals surface area contributed by atoms with Crippen molar-refractivity contribution in [3.8, 4) is 17.7 Å². The number of hydrogen-bond donors (Lipinski definition) is 0. The minimum atomic E-state index is 0.384. The molecule has 1 aromatic heterocycles. The first-order valence-electron chi connectivity index (χ1n) is 5.75. The van der Waals surface area contributed by atoms with E-state index in [0.29, 0.717) is 23.2 Å². The van der Waals surface area contributed by atoms with Gasteiger partial charge in [0.25, 0.3) is 0 Å². The number of aromatic nitrogens is 2. The van der Waals surface area contributed by atoms with Crippen molar-refractivity contribution in [2.45, 2.75) is 20.3 Å². The van der Waals surface area contributed by atoms with Crippen LogP contribution in [0.2, 0.25) is 5.15 Å². The molecule has 0 spiro atoms. The largest absolute Gasteiger partial charge is 0.437 e. The summed E-state index contributed by atoms with van der Waals surface area (Å²) in [5, 5.41) is 16.8. The minimum Gasteiger partial charge on any atom is -0.437 e. The first kappa shape index (κ1) is 13.3. The number of hydrogen-bond acceptors (Lipinski definition) is 4. The van der Waals surface area contributed by atoms with Gasteiger partial charge in [0.05, 0.1) is 12.5 Å². The molecule has 0 aliphatic heterocycles. The van der Waals surface area contributed by atoms with Crippen LogP contribution >= 0.6 is 11.6 Å². The molecule has 96 valence electrons. The Hall–Kier alpha value is -2.12. The van der Waals surface area contributed by atoms with Crippen LogP contribution < -0.4 is 4.74 Å². The van der Waals surface area contributed by atoms with E-state index in [1.807, 2.05) is 26.0 Å². The van der Waals surface area contributed by atoms with Crippen LogP contribution in [0.25, 0.3) is 0 Å². The molecule has 0 bridgehead atoms. The molecular formula is C14H12ClN3O. The van der Waals surface area contributed by atoms with E-state index >= 15 is 0 Å². The summed E-state index contributed by atoms with van der Waals surface area (Å²) in [5.41, 5.74) is 2.67. The molecular weight excluding hydrogens is 262 g/mol. The summed E-state index contributed by atoms with van der Waals surface area (Å²) in [6.45, 7) is 3.75. The predicted molar refractivity (Wildman–Crippen MR) is 72.3 cm³/mol. The zero-order valence-electron chi connectivity index (χ0n) is 10.6. The number of benzene rings is 1. The van der Waals surface area contributed by atoms with E-state index in [0.717, 1.165) is 16.7 Å². The van der Waals surface area contributed by atoms with E-state index < -0.39 is 0 Å². The van der Waals surface area contributed by atoms with Crippen molar-refractivity contribution in [2.75, 3.05) is 0 Å². The Morgan fingerprint density at radius 1 is 1.16 bits per heavy atom. The Kier molecular flexibility index (Phi) is 3.98. The maximum Gasteiger partial charge on any atom is 0.242 e. The van der Waals surface area contributed by atoms with Crippen LogP contribution in [0.15, 0.2) is 24.3 Å². The van der Waals surface area contributed by atoms with Gasteiger partial charge in [-0.1, -0.05) is 23.7 Å². The van der Waals surface area contributed by atoms with Crippen LogP contribution in [-0.4, -0.2) is 10.2 Å². The van der Waals surface area contributed by atoms with Gasteiger partial charge < -0.3 is 4.74 Å². The van der Waals surface area contributed by atoms with Gasteiger partial charge in [0.1, 0.15) is 5.75 Å². The molecule has 19 heavy (non-hydrogen) atoms. The summed E-state index contributed by atoms with van der Waals surface area (Å²) < 4.78 is 5.66. The molecule has 2 aromatic rings. The molecule has 0 saturated heterocycles. The fraction of sp³-hybridized carbons (Fsp3) is 0.214. The highest BCUT2D eigenvalue weighted by Crippen LogP contribution is 2.26. The quantitative estimate of drug-likeness (QED) is 0.857. The minimum absolute atomic E-state index is 0.384. The molecule has 0 amide bonds. The zero-order chi connectivity index (χ0) is 13.8. The van der Waals surface area contributed by atoms with E-state index in [2.05, 4.69) is 16.3 Å². The fourth-order valence-corrected chi connectivity index (χ4v) is 1.71. The van der Waals surface area contributed by atoms with Crippen molar-refractivity contribution in [1.82, 2.24) is 10.2 Å². The van der Waals surface area contributed by atoms with Crippen molar-refractivity contribution >= 4 is 11.6 Å². The summed E-state index contributed by atoms with van der Waals surface area (Å²) in [4.78, 5) is 0. The second-order valence-corrected chi connectivity index (χ2v) is 4.48. The van der Waals surface area contributed by atoms with E-state index in [1.165, 1.54) is 0 Å². The van der Waals surface area contributed by atoms with Crippen molar-refractivity contribution in [3.05, 3.63) is 46.1 Å². The number of nitrogens with zero attached hydrogens (tertiary/aromatic N) is 3. The monoisotopic (exact) mass is 273 g/mol. The lowest BCUT2D eigenvalue weighted by Gasteiger charge is -2.09. The van der Waals surface area contributed by atoms with Gasteiger partial charge in [-0.05, 0) is 37.1 Å². The standard InChI is InChI=1S/C14H12ClN3O/c1-9-10(2)14(18-17-13(9)15)19-12-5-3-11(4-6-12)7-8-16/h3-6H,7H2,1-2H3. The third-order valence-corrected chi connectivity index (χ3v) is 3.20. The van der Waals surface area contributed by atoms with Gasteiger partial charge in [-0.15, -0.1) is 10.2 Å². The highest BCUT2D eigenvalue weighted by atomic mass is 35.5. The Balaban J connectivity index is 2.22. The molecule has 0 unspecified atom stereocenters. The lowest BCUT2D eigenvalue weighted by atomic mass is 10.1. The molecule has 0 aliphatic carbocycles. The van der Waals surface area contributed by atoms with Gasteiger partial charge in [0.15, 0.2) is 5.15 Å². The molecule has 0 saturated carbocycles. The highest BCUT2D eigenvalue weighted by Gasteiger charge is 2.10. The van der Waals surface area contributed by atoms with Crippen molar-refractivity contribution in [3.63, 3.8) is 0 Å². The first-order chi connectivity index (χ1) is 9.11. The van der Waals surface area contributed by atoms with Crippen LogP contribution in [0.1, 0.15) is 16.7 Å².